The molecule has 0 fully saturated rings. The van der Waals surface area contributed by atoms with Crippen LogP contribution in [0.4, 0.5) is 5.69 Å². The van der Waals surface area contributed by atoms with E-state index < -0.39 is 9.84 Å². The van der Waals surface area contributed by atoms with Gasteiger partial charge < -0.3 is 5.73 Å². The fourth-order valence-corrected chi connectivity index (χ4v) is 4.84. The zero-order valence-electron chi connectivity index (χ0n) is 10.9. The lowest BCUT2D eigenvalue weighted by molar-refractivity contribution is 0.595. The minimum atomic E-state index is -3.45. The number of hydrogen-bond acceptors (Lipinski definition) is 4. The van der Waals surface area contributed by atoms with E-state index in [4.69, 9.17) is 17.3 Å². The second-order valence-electron chi connectivity index (χ2n) is 4.70. The van der Waals surface area contributed by atoms with E-state index in [1.165, 1.54) is 18.2 Å². The lowest BCUT2D eigenvalue weighted by Gasteiger charge is -2.06. The van der Waals surface area contributed by atoms with Crippen LogP contribution >= 0.6 is 22.9 Å². The number of hydrogen-bond donors (Lipinski definition) is 1. The number of sulfone groups is 1. The molecule has 0 saturated carbocycles. The average Bonchev–Trinajstić information content (AvgIpc) is 2.85. The van der Waals surface area contributed by atoms with Gasteiger partial charge in [0.25, 0.3) is 0 Å². The van der Waals surface area contributed by atoms with Crippen molar-refractivity contribution in [2.45, 2.75) is 10.6 Å². The van der Waals surface area contributed by atoms with E-state index in [2.05, 4.69) is 0 Å². The van der Waals surface area contributed by atoms with Gasteiger partial charge in [-0.1, -0.05) is 29.8 Å². The van der Waals surface area contributed by atoms with Gasteiger partial charge in [-0.15, -0.1) is 11.3 Å². The summed E-state index contributed by atoms with van der Waals surface area (Å²) in [6.45, 7) is 0. The molecule has 0 bridgehead atoms. The summed E-state index contributed by atoms with van der Waals surface area (Å²) in [5.74, 6) is -0.0444. The number of anilines is 1. The van der Waals surface area contributed by atoms with Crippen LogP contribution in [0.1, 0.15) is 5.56 Å². The second kappa shape index (κ2) is 5.33. The van der Waals surface area contributed by atoms with Crippen LogP contribution < -0.4 is 5.73 Å². The SMILES string of the molecule is Nc1ccc(S(=O)(=O)Cc2csc3ccccc23)cc1Cl. The summed E-state index contributed by atoms with van der Waals surface area (Å²) in [7, 11) is -3.45. The van der Waals surface area contributed by atoms with Gasteiger partial charge in [0.05, 0.1) is 21.4 Å². The highest BCUT2D eigenvalue weighted by Gasteiger charge is 2.18. The minimum Gasteiger partial charge on any atom is -0.398 e. The molecule has 3 aromatic rings. The number of nitrogens with two attached hydrogens (primary N) is 1. The van der Waals surface area contributed by atoms with Crippen molar-refractivity contribution in [3.05, 3.63) is 58.4 Å². The summed E-state index contributed by atoms with van der Waals surface area (Å²) < 4.78 is 26.1. The zero-order valence-corrected chi connectivity index (χ0v) is 13.3. The van der Waals surface area contributed by atoms with E-state index in [9.17, 15) is 8.42 Å². The van der Waals surface area contributed by atoms with E-state index in [1.54, 1.807) is 11.3 Å². The van der Waals surface area contributed by atoms with Crippen molar-refractivity contribution in [1.82, 2.24) is 0 Å². The Morgan fingerprint density at radius 2 is 1.90 bits per heavy atom. The molecule has 0 spiro atoms. The van der Waals surface area contributed by atoms with Crippen LogP contribution in [0.25, 0.3) is 10.1 Å². The van der Waals surface area contributed by atoms with Crippen molar-refractivity contribution in [1.29, 1.82) is 0 Å². The molecule has 0 aliphatic rings. The van der Waals surface area contributed by atoms with E-state index in [0.717, 1.165) is 15.6 Å². The van der Waals surface area contributed by atoms with Gasteiger partial charge in [-0.2, -0.15) is 0 Å². The summed E-state index contributed by atoms with van der Waals surface area (Å²) >= 11 is 7.45. The maximum absolute atomic E-state index is 12.5. The molecule has 2 aromatic carbocycles. The fourth-order valence-electron chi connectivity index (χ4n) is 2.13. The quantitative estimate of drug-likeness (QED) is 0.731. The third-order valence-electron chi connectivity index (χ3n) is 3.24. The van der Waals surface area contributed by atoms with Crippen LogP contribution in [0.5, 0.6) is 0 Å². The second-order valence-corrected chi connectivity index (χ2v) is 8.01. The third-order valence-corrected chi connectivity index (χ3v) is 6.24. The molecular formula is C15H12ClNO2S2. The molecule has 6 heteroatoms. The molecule has 0 amide bonds. The van der Waals surface area contributed by atoms with E-state index in [0.29, 0.717) is 5.69 Å². The number of nitrogen functional groups attached to an aromatic ring is 1. The maximum Gasteiger partial charge on any atom is 0.182 e. The van der Waals surface area contributed by atoms with Crippen LogP contribution in [-0.4, -0.2) is 8.42 Å². The standard InChI is InChI=1S/C15H12ClNO2S2/c16-13-7-11(5-6-14(13)17)21(18,19)9-10-8-20-15-4-2-1-3-12(10)15/h1-8H,9,17H2. The zero-order chi connectivity index (χ0) is 15.0. The largest absolute Gasteiger partial charge is 0.398 e. The Hall–Kier alpha value is -1.56. The first-order valence-corrected chi connectivity index (χ1v) is 9.11. The molecule has 108 valence electrons. The van der Waals surface area contributed by atoms with Crippen molar-refractivity contribution >= 4 is 48.5 Å². The fraction of sp³-hybridized carbons (Fsp3) is 0.0667. The molecule has 0 atom stereocenters. The van der Waals surface area contributed by atoms with Crippen LogP contribution in [0.3, 0.4) is 0 Å². The van der Waals surface area contributed by atoms with Crippen LogP contribution in [0.15, 0.2) is 52.7 Å². The Balaban J connectivity index is 2.01. The summed E-state index contributed by atoms with van der Waals surface area (Å²) in [6.07, 6.45) is 0. The molecule has 3 nitrogen and oxygen atoms in total. The summed E-state index contributed by atoms with van der Waals surface area (Å²) in [4.78, 5) is 0.192. The van der Waals surface area contributed by atoms with Gasteiger partial charge in [0.2, 0.25) is 0 Å². The summed E-state index contributed by atoms with van der Waals surface area (Å²) in [5, 5.41) is 3.13. The lowest BCUT2D eigenvalue weighted by atomic mass is 10.2. The molecule has 0 aliphatic carbocycles. The number of thiophene rings is 1. The summed E-state index contributed by atoms with van der Waals surface area (Å²) in [6, 6.07) is 12.2. The van der Waals surface area contributed by atoms with Gasteiger partial charge in [0, 0.05) is 4.70 Å². The van der Waals surface area contributed by atoms with E-state index in [-0.39, 0.29) is 15.7 Å². The van der Waals surface area contributed by atoms with Gasteiger partial charge in [-0.05, 0) is 40.6 Å². The number of fused-ring (bicyclic) bond motifs is 1. The highest BCUT2D eigenvalue weighted by molar-refractivity contribution is 7.90. The maximum atomic E-state index is 12.5. The molecule has 0 aliphatic heterocycles. The molecule has 1 heterocycles. The highest BCUT2D eigenvalue weighted by atomic mass is 35.5. The van der Waals surface area contributed by atoms with Gasteiger partial charge >= 0.3 is 0 Å². The predicted octanol–water partition coefficient (Wildman–Crippen LogP) is 4.11. The third kappa shape index (κ3) is 2.77. The normalized spacial score (nSPS) is 11.9. The molecule has 0 saturated heterocycles. The molecule has 1 aromatic heterocycles. The van der Waals surface area contributed by atoms with Gasteiger partial charge in [-0.3, -0.25) is 0 Å². The Bertz CT molecular complexity index is 916. The lowest BCUT2D eigenvalue weighted by Crippen LogP contribution is -2.05. The molecule has 21 heavy (non-hydrogen) atoms. The molecular weight excluding hydrogens is 326 g/mol. The minimum absolute atomic E-state index is 0.0444. The topological polar surface area (TPSA) is 60.2 Å². The Morgan fingerprint density at radius 3 is 2.67 bits per heavy atom. The number of rotatable bonds is 3. The van der Waals surface area contributed by atoms with E-state index in [1.807, 2.05) is 29.6 Å². The predicted molar refractivity (Wildman–Crippen MR) is 88.6 cm³/mol. The highest BCUT2D eigenvalue weighted by Crippen LogP contribution is 2.30. The molecule has 3 rings (SSSR count). The molecule has 0 unspecified atom stereocenters. The van der Waals surface area contributed by atoms with Crippen LogP contribution in [0.2, 0.25) is 5.02 Å². The Kier molecular flexibility index (Phi) is 3.65. The Morgan fingerprint density at radius 1 is 1.14 bits per heavy atom. The summed E-state index contributed by atoms with van der Waals surface area (Å²) in [5.41, 5.74) is 6.80. The molecule has 2 N–H and O–H groups in total. The number of benzene rings is 2. The molecule has 0 radical (unpaired) electrons. The van der Waals surface area contributed by atoms with Crippen LogP contribution in [-0.2, 0) is 15.6 Å². The van der Waals surface area contributed by atoms with Gasteiger partial charge in [-0.25, -0.2) is 8.42 Å². The first-order chi connectivity index (χ1) is 9.97. The van der Waals surface area contributed by atoms with Crippen molar-refractivity contribution < 1.29 is 8.42 Å². The number of halogens is 1. The Labute approximate surface area is 131 Å². The first kappa shape index (κ1) is 14.4. The first-order valence-electron chi connectivity index (χ1n) is 6.20. The van der Waals surface area contributed by atoms with Crippen LogP contribution in [0, 0.1) is 0 Å². The van der Waals surface area contributed by atoms with Crippen molar-refractivity contribution in [2.75, 3.05) is 5.73 Å². The van der Waals surface area contributed by atoms with Crippen molar-refractivity contribution in [2.24, 2.45) is 0 Å². The van der Waals surface area contributed by atoms with Crippen molar-refractivity contribution in [3.63, 3.8) is 0 Å². The smallest absolute Gasteiger partial charge is 0.182 e. The van der Waals surface area contributed by atoms with Gasteiger partial charge in [0.1, 0.15) is 0 Å². The van der Waals surface area contributed by atoms with Gasteiger partial charge in [0.15, 0.2) is 9.84 Å². The van der Waals surface area contributed by atoms with E-state index >= 15 is 0 Å². The average molecular weight is 338 g/mol. The monoisotopic (exact) mass is 337 g/mol. The van der Waals surface area contributed by atoms with Crippen molar-refractivity contribution in [3.8, 4) is 0 Å².